The van der Waals surface area contributed by atoms with E-state index in [1.807, 2.05) is 36.1 Å². The number of carbonyl (C=O) groups excluding carboxylic acids is 1. The third-order valence-electron chi connectivity index (χ3n) is 5.09. The monoisotopic (exact) mass is 502 g/mol. The molecular weight excluding hydrogens is 471 g/mol. The molecule has 7 nitrogen and oxygen atoms in total. The predicted molar refractivity (Wildman–Crippen MR) is 121 cm³/mol. The summed E-state index contributed by atoms with van der Waals surface area (Å²) in [5, 5.41) is 17.0. The Hall–Kier alpha value is -1.39. The molecule has 2 aliphatic heterocycles. The first kappa shape index (κ1) is 22.9. The van der Waals surface area contributed by atoms with E-state index in [0.29, 0.717) is 51.5 Å². The summed E-state index contributed by atoms with van der Waals surface area (Å²) in [4.78, 5) is 18.3. The zero-order valence-electron chi connectivity index (χ0n) is 16.4. The molecule has 0 spiro atoms. The van der Waals surface area contributed by atoms with Gasteiger partial charge in [0.05, 0.1) is 12.1 Å². The predicted octanol–water partition coefficient (Wildman–Crippen LogP) is 2.03. The van der Waals surface area contributed by atoms with E-state index in [2.05, 4.69) is 15.6 Å². The van der Waals surface area contributed by atoms with Crippen molar-refractivity contribution in [1.82, 2.24) is 10.6 Å². The number of aliphatic imine (C=N–C) groups is 1. The maximum Gasteiger partial charge on any atom is 0.227 e. The van der Waals surface area contributed by atoms with Crippen LogP contribution < -0.4 is 15.5 Å². The van der Waals surface area contributed by atoms with Gasteiger partial charge in [-0.05, 0) is 31.0 Å². The van der Waals surface area contributed by atoms with Crippen LogP contribution in [-0.2, 0) is 16.1 Å². The van der Waals surface area contributed by atoms with Crippen LogP contribution in [0.3, 0.4) is 0 Å². The number of rotatable bonds is 6. The minimum absolute atomic E-state index is 0. The second kappa shape index (κ2) is 11.0. The molecule has 3 rings (SSSR count). The van der Waals surface area contributed by atoms with Crippen LogP contribution >= 0.6 is 24.0 Å². The van der Waals surface area contributed by atoms with Crippen molar-refractivity contribution in [3.8, 4) is 0 Å². The maximum atomic E-state index is 11.8. The Balaban J connectivity index is 0.00000280. The van der Waals surface area contributed by atoms with E-state index in [9.17, 15) is 9.90 Å². The quantitative estimate of drug-likeness (QED) is 0.315. The van der Waals surface area contributed by atoms with E-state index in [4.69, 9.17) is 4.74 Å². The zero-order valence-corrected chi connectivity index (χ0v) is 18.8. The van der Waals surface area contributed by atoms with Crippen LogP contribution in [0.1, 0.15) is 38.2 Å². The summed E-state index contributed by atoms with van der Waals surface area (Å²) in [7, 11) is 0. The third-order valence-corrected chi connectivity index (χ3v) is 5.09. The number of halogens is 1. The van der Waals surface area contributed by atoms with Crippen molar-refractivity contribution in [2.45, 2.75) is 44.8 Å². The molecule has 1 aromatic rings. The molecule has 28 heavy (non-hydrogen) atoms. The SMILES string of the molecule is CCNC(=NCc1ccc(N2CCCC2=O)cc1)NCC1(O)CCOCC1.I. The fourth-order valence-corrected chi connectivity index (χ4v) is 3.39. The Bertz CT molecular complexity index is 660. The minimum Gasteiger partial charge on any atom is -0.388 e. The molecule has 2 saturated heterocycles. The number of aliphatic hydroxyl groups is 1. The van der Waals surface area contributed by atoms with Gasteiger partial charge in [0.2, 0.25) is 5.91 Å². The molecule has 156 valence electrons. The highest BCUT2D eigenvalue weighted by Gasteiger charge is 2.29. The van der Waals surface area contributed by atoms with Crippen molar-refractivity contribution < 1.29 is 14.6 Å². The molecule has 0 radical (unpaired) electrons. The van der Waals surface area contributed by atoms with E-state index in [1.165, 1.54) is 0 Å². The number of anilines is 1. The Labute approximate surface area is 183 Å². The lowest BCUT2D eigenvalue weighted by Crippen LogP contribution is -2.49. The highest BCUT2D eigenvalue weighted by molar-refractivity contribution is 14.0. The second-order valence-electron chi connectivity index (χ2n) is 7.20. The van der Waals surface area contributed by atoms with Gasteiger partial charge in [-0.3, -0.25) is 4.79 Å². The van der Waals surface area contributed by atoms with Crippen LogP contribution in [0.4, 0.5) is 5.69 Å². The normalized spacial score (nSPS) is 19.3. The standard InChI is InChI=1S/C20H30N4O3.HI/c1-2-21-19(23-15-20(26)9-12-27-13-10-20)22-14-16-5-7-17(8-6-16)24-11-3-4-18(24)25;/h5-8,26H,2-4,9-15H2,1H3,(H2,21,22,23);1H. The van der Waals surface area contributed by atoms with Crippen molar-refractivity contribution in [2.75, 3.05) is 37.7 Å². The number of carbonyl (C=O) groups is 1. The summed E-state index contributed by atoms with van der Waals surface area (Å²) in [6.07, 6.45) is 2.84. The number of ether oxygens (including phenoxy) is 1. The Morgan fingerprint density at radius 1 is 1.25 bits per heavy atom. The van der Waals surface area contributed by atoms with E-state index in [1.54, 1.807) is 0 Å². The van der Waals surface area contributed by atoms with Gasteiger partial charge in [-0.2, -0.15) is 0 Å². The summed E-state index contributed by atoms with van der Waals surface area (Å²) >= 11 is 0. The highest BCUT2D eigenvalue weighted by atomic mass is 127. The van der Waals surface area contributed by atoms with Crippen LogP contribution in [0, 0.1) is 0 Å². The van der Waals surface area contributed by atoms with Gasteiger partial charge in [-0.25, -0.2) is 4.99 Å². The Morgan fingerprint density at radius 2 is 1.96 bits per heavy atom. The van der Waals surface area contributed by atoms with Crippen molar-refractivity contribution in [2.24, 2.45) is 4.99 Å². The van der Waals surface area contributed by atoms with Crippen LogP contribution in [0.25, 0.3) is 0 Å². The molecule has 0 aromatic heterocycles. The lowest BCUT2D eigenvalue weighted by atomic mass is 9.94. The first-order valence-electron chi connectivity index (χ1n) is 9.81. The Kier molecular flexibility index (Phi) is 8.97. The van der Waals surface area contributed by atoms with E-state index >= 15 is 0 Å². The van der Waals surface area contributed by atoms with Crippen molar-refractivity contribution >= 4 is 41.5 Å². The fraction of sp³-hybridized carbons (Fsp3) is 0.600. The largest absolute Gasteiger partial charge is 0.388 e. The van der Waals surface area contributed by atoms with Gasteiger partial charge in [0.25, 0.3) is 0 Å². The molecule has 1 amide bonds. The lowest BCUT2D eigenvalue weighted by Gasteiger charge is -2.32. The van der Waals surface area contributed by atoms with E-state index in [0.717, 1.165) is 30.8 Å². The van der Waals surface area contributed by atoms with Gasteiger partial charge >= 0.3 is 0 Å². The number of amides is 1. The molecule has 2 heterocycles. The second-order valence-corrected chi connectivity index (χ2v) is 7.20. The number of nitrogens with one attached hydrogen (secondary N) is 2. The summed E-state index contributed by atoms with van der Waals surface area (Å²) in [6, 6.07) is 8.00. The van der Waals surface area contributed by atoms with Crippen molar-refractivity contribution in [3.63, 3.8) is 0 Å². The first-order chi connectivity index (χ1) is 13.1. The summed E-state index contributed by atoms with van der Waals surface area (Å²) in [6.45, 7) is 5.75. The average molecular weight is 502 g/mol. The zero-order chi connectivity index (χ0) is 19.1. The Morgan fingerprint density at radius 3 is 2.57 bits per heavy atom. The third kappa shape index (κ3) is 6.31. The molecule has 0 aliphatic carbocycles. The molecule has 0 atom stereocenters. The van der Waals surface area contributed by atoms with Crippen molar-refractivity contribution in [3.05, 3.63) is 29.8 Å². The summed E-state index contributed by atoms with van der Waals surface area (Å²) in [5.41, 5.74) is 1.29. The highest BCUT2D eigenvalue weighted by Crippen LogP contribution is 2.22. The van der Waals surface area contributed by atoms with Crippen LogP contribution in [0.15, 0.2) is 29.3 Å². The van der Waals surface area contributed by atoms with Gasteiger partial charge in [0.15, 0.2) is 5.96 Å². The van der Waals surface area contributed by atoms with Crippen molar-refractivity contribution in [1.29, 1.82) is 0 Å². The number of benzene rings is 1. The first-order valence-corrected chi connectivity index (χ1v) is 9.81. The van der Waals surface area contributed by atoms with Gasteiger partial charge in [-0.1, -0.05) is 12.1 Å². The molecule has 2 aliphatic rings. The fourth-order valence-electron chi connectivity index (χ4n) is 3.39. The minimum atomic E-state index is -0.738. The van der Waals surface area contributed by atoms with E-state index < -0.39 is 5.60 Å². The van der Waals surface area contributed by atoms with Crippen LogP contribution in [0.2, 0.25) is 0 Å². The molecule has 0 saturated carbocycles. The average Bonchev–Trinajstić information content (AvgIpc) is 3.11. The summed E-state index contributed by atoms with van der Waals surface area (Å²) < 4.78 is 5.32. The summed E-state index contributed by atoms with van der Waals surface area (Å²) in [5.74, 6) is 0.890. The smallest absolute Gasteiger partial charge is 0.227 e. The molecule has 8 heteroatoms. The van der Waals surface area contributed by atoms with Gasteiger partial charge < -0.3 is 25.4 Å². The number of hydrogen-bond acceptors (Lipinski definition) is 4. The number of guanidine groups is 1. The molecule has 0 bridgehead atoms. The van der Waals surface area contributed by atoms with Gasteiger partial charge in [0, 0.05) is 57.8 Å². The van der Waals surface area contributed by atoms with Gasteiger partial charge in [-0.15, -0.1) is 24.0 Å². The van der Waals surface area contributed by atoms with Crippen LogP contribution in [-0.4, -0.2) is 55.4 Å². The van der Waals surface area contributed by atoms with Crippen LogP contribution in [0.5, 0.6) is 0 Å². The number of hydrogen-bond donors (Lipinski definition) is 3. The topological polar surface area (TPSA) is 86.2 Å². The van der Waals surface area contributed by atoms with Gasteiger partial charge in [0.1, 0.15) is 0 Å². The number of nitrogens with zero attached hydrogens (tertiary/aromatic N) is 2. The molecule has 0 unspecified atom stereocenters. The molecule has 2 fully saturated rings. The molecule has 3 N–H and O–H groups in total. The molecule has 1 aromatic carbocycles. The maximum absolute atomic E-state index is 11.8. The lowest BCUT2D eigenvalue weighted by molar-refractivity contribution is -0.117. The van der Waals surface area contributed by atoms with E-state index in [-0.39, 0.29) is 29.9 Å². The molecular formula is C20H31IN4O3.